The Morgan fingerprint density at radius 1 is 1.12 bits per heavy atom. The molecule has 1 aromatic heterocycles. The lowest BCUT2D eigenvalue weighted by atomic mass is 9.96. The summed E-state index contributed by atoms with van der Waals surface area (Å²) < 4.78 is 0. The van der Waals surface area contributed by atoms with Crippen molar-refractivity contribution in [2.45, 2.75) is 13.8 Å². The van der Waals surface area contributed by atoms with E-state index in [0.717, 1.165) is 16.7 Å². The summed E-state index contributed by atoms with van der Waals surface area (Å²) in [6.45, 7) is 3.87. The van der Waals surface area contributed by atoms with Crippen LogP contribution in [0.2, 0.25) is 5.15 Å². The van der Waals surface area contributed by atoms with Crippen molar-refractivity contribution >= 4 is 17.4 Å². The van der Waals surface area contributed by atoms with E-state index in [1.807, 2.05) is 32.0 Å². The standard InChI is InChI=1S/C14H12ClNO/c1-9-4-3-5-10(2)13(9)14(17)11-6-7-12(15)16-8-11/h3-8H,1-2H3. The molecule has 2 aromatic rings. The Kier molecular flexibility index (Phi) is 3.25. The van der Waals surface area contributed by atoms with Gasteiger partial charge >= 0.3 is 0 Å². The van der Waals surface area contributed by atoms with Crippen molar-refractivity contribution < 1.29 is 4.79 Å². The average Bonchev–Trinajstić information content (AvgIpc) is 2.29. The molecular formula is C14H12ClNO. The van der Waals surface area contributed by atoms with Gasteiger partial charge in [0.1, 0.15) is 5.15 Å². The molecule has 2 nitrogen and oxygen atoms in total. The van der Waals surface area contributed by atoms with Crippen LogP contribution in [0.4, 0.5) is 0 Å². The monoisotopic (exact) mass is 245 g/mol. The van der Waals surface area contributed by atoms with Crippen LogP contribution < -0.4 is 0 Å². The van der Waals surface area contributed by atoms with Gasteiger partial charge in [0, 0.05) is 17.3 Å². The third kappa shape index (κ3) is 2.37. The molecule has 0 radical (unpaired) electrons. The number of ketones is 1. The van der Waals surface area contributed by atoms with Crippen LogP contribution in [-0.4, -0.2) is 10.8 Å². The zero-order chi connectivity index (χ0) is 12.4. The maximum absolute atomic E-state index is 12.3. The molecule has 3 heteroatoms. The number of rotatable bonds is 2. The normalized spacial score (nSPS) is 10.3. The molecule has 0 aliphatic rings. The van der Waals surface area contributed by atoms with E-state index >= 15 is 0 Å². The Bertz CT molecular complexity index is 541. The predicted octanol–water partition coefficient (Wildman–Crippen LogP) is 3.58. The van der Waals surface area contributed by atoms with Gasteiger partial charge in [-0.15, -0.1) is 0 Å². The van der Waals surface area contributed by atoms with Crippen molar-refractivity contribution in [1.29, 1.82) is 0 Å². The highest BCUT2D eigenvalue weighted by molar-refractivity contribution is 6.29. The number of carbonyl (C=O) groups is 1. The van der Waals surface area contributed by atoms with Gasteiger partial charge < -0.3 is 0 Å². The van der Waals surface area contributed by atoms with Gasteiger partial charge in [-0.3, -0.25) is 4.79 Å². The number of halogens is 1. The zero-order valence-corrected chi connectivity index (χ0v) is 10.5. The van der Waals surface area contributed by atoms with Crippen LogP contribution in [-0.2, 0) is 0 Å². The van der Waals surface area contributed by atoms with Crippen molar-refractivity contribution in [2.75, 3.05) is 0 Å². The van der Waals surface area contributed by atoms with E-state index in [4.69, 9.17) is 11.6 Å². The number of aryl methyl sites for hydroxylation is 2. The van der Waals surface area contributed by atoms with Gasteiger partial charge in [-0.1, -0.05) is 29.8 Å². The van der Waals surface area contributed by atoms with Crippen molar-refractivity contribution in [3.05, 3.63) is 63.9 Å². The molecule has 2 rings (SSSR count). The third-order valence-corrected chi connectivity index (χ3v) is 2.92. The van der Waals surface area contributed by atoms with Crippen LogP contribution in [0.25, 0.3) is 0 Å². The molecule has 0 saturated carbocycles. The number of hydrogen-bond donors (Lipinski definition) is 0. The fraction of sp³-hybridized carbons (Fsp3) is 0.143. The summed E-state index contributed by atoms with van der Waals surface area (Å²) in [6, 6.07) is 9.14. The summed E-state index contributed by atoms with van der Waals surface area (Å²) >= 11 is 5.70. The minimum Gasteiger partial charge on any atom is -0.289 e. The lowest BCUT2D eigenvalue weighted by molar-refractivity contribution is 0.103. The molecule has 0 aliphatic heterocycles. The number of aromatic nitrogens is 1. The molecule has 0 atom stereocenters. The van der Waals surface area contributed by atoms with Crippen LogP contribution in [0.1, 0.15) is 27.0 Å². The number of carbonyl (C=O) groups excluding carboxylic acids is 1. The fourth-order valence-corrected chi connectivity index (χ4v) is 1.94. The first kappa shape index (κ1) is 11.8. The molecular weight excluding hydrogens is 234 g/mol. The Balaban J connectivity index is 2.47. The third-order valence-electron chi connectivity index (χ3n) is 2.70. The smallest absolute Gasteiger partial charge is 0.195 e. The average molecular weight is 246 g/mol. The van der Waals surface area contributed by atoms with Crippen molar-refractivity contribution in [3.8, 4) is 0 Å². The molecule has 1 aromatic carbocycles. The minimum atomic E-state index is -0.00948. The van der Waals surface area contributed by atoms with Crippen LogP contribution in [0.3, 0.4) is 0 Å². The Labute approximate surface area is 105 Å². The molecule has 0 unspecified atom stereocenters. The number of nitrogens with zero attached hydrogens (tertiary/aromatic N) is 1. The summed E-state index contributed by atoms with van der Waals surface area (Å²) in [5, 5.41) is 0.392. The topological polar surface area (TPSA) is 30.0 Å². The van der Waals surface area contributed by atoms with Gasteiger partial charge in [-0.05, 0) is 37.1 Å². The van der Waals surface area contributed by atoms with E-state index in [1.54, 1.807) is 12.1 Å². The summed E-state index contributed by atoms with van der Waals surface area (Å²) in [4.78, 5) is 16.2. The molecule has 0 spiro atoms. The summed E-state index contributed by atoms with van der Waals surface area (Å²) in [5.41, 5.74) is 3.26. The molecule has 0 amide bonds. The maximum Gasteiger partial charge on any atom is 0.195 e. The highest BCUT2D eigenvalue weighted by Crippen LogP contribution is 2.18. The van der Waals surface area contributed by atoms with Crippen molar-refractivity contribution in [3.63, 3.8) is 0 Å². The van der Waals surface area contributed by atoms with Gasteiger partial charge in [0.15, 0.2) is 5.78 Å². The van der Waals surface area contributed by atoms with E-state index in [1.165, 1.54) is 6.20 Å². The predicted molar refractivity (Wildman–Crippen MR) is 68.6 cm³/mol. The molecule has 17 heavy (non-hydrogen) atoms. The lowest BCUT2D eigenvalue weighted by Crippen LogP contribution is -2.06. The largest absolute Gasteiger partial charge is 0.289 e. The van der Waals surface area contributed by atoms with Crippen LogP contribution in [0.5, 0.6) is 0 Å². The molecule has 86 valence electrons. The van der Waals surface area contributed by atoms with E-state index in [-0.39, 0.29) is 5.78 Å². The second kappa shape index (κ2) is 4.68. The Morgan fingerprint density at radius 3 is 2.29 bits per heavy atom. The van der Waals surface area contributed by atoms with Gasteiger partial charge in [0.05, 0.1) is 0 Å². The summed E-state index contributed by atoms with van der Waals surface area (Å²) in [7, 11) is 0. The molecule has 1 heterocycles. The molecule has 0 saturated heterocycles. The molecule has 0 fully saturated rings. The highest BCUT2D eigenvalue weighted by Gasteiger charge is 2.14. The zero-order valence-electron chi connectivity index (χ0n) is 9.70. The summed E-state index contributed by atoms with van der Waals surface area (Å²) in [6.07, 6.45) is 1.51. The van der Waals surface area contributed by atoms with Crippen LogP contribution >= 0.6 is 11.6 Å². The van der Waals surface area contributed by atoms with Crippen LogP contribution in [0.15, 0.2) is 36.5 Å². The van der Waals surface area contributed by atoms with E-state index in [9.17, 15) is 4.79 Å². The molecule has 0 aliphatic carbocycles. The second-order valence-corrected chi connectivity index (χ2v) is 4.35. The first-order valence-electron chi connectivity index (χ1n) is 5.32. The van der Waals surface area contributed by atoms with Crippen molar-refractivity contribution in [2.24, 2.45) is 0 Å². The molecule has 0 bridgehead atoms. The first-order chi connectivity index (χ1) is 8.09. The van der Waals surface area contributed by atoms with Crippen LogP contribution in [0, 0.1) is 13.8 Å². The van der Waals surface area contributed by atoms with Gasteiger partial charge in [-0.2, -0.15) is 0 Å². The van der Waals surface area contributed by atoms with Gasteiger partial charge in [0.2, 0.25) is 0 Å². The molecule has 0 N–H and O–H groups in total. The van der Waals surface area contributed by atoms with E-state index in [0.29, 0.717) is 10.7 Å². The minimum absolute atomic E-state index is 0.00948. The maximum atomic E-state index is 12.3. The van der Waals surface area contributed by atoms with E-state index < -0.39 is 0 Å². The fourth-order valence-electron chi connectivity index (χ4n) is 1.83. The lowest BCUT2D eigenvalue weighted by Gasteiger charge is -2.08. The van der Waals surface area contributed by atoms with E-state index in [2.05, 4.69) is 4.98 Å². The van der Waals surface area contributed by atoms with Gasteiger partial charge in [0.25, 0.3) is 0 Å². The van der Waals surface area contributed by atoms with Crippen molar-refractivity contribution in [1.82, 2.24) is 4.98 Å². The quantitative estimate of drug-likeness (QED) is 0.598. The number of benzene rings is 1. The number of hydrogen-bond acceptors (Lipinski definition) is 2. The number of pyridine rings is 1. The Hall–Kier alpha value is -1.67. The highest BCUT2D eigenvalue weighted by atomic mass is 35.5. The Morgan fingerprint density at radius 2 is 1.76 bits per heavy atom. The summed E-state index contributed by atoms with van der Waals surface area (Å²) in [5.74, 6) is -0.00948. The second-order valence-electron chi connectivity index (χ2n) is 3.97. The van der Waals surface area contributed by atoms with Gasteiger partial charge in [-0.25, -0.2) is 4.98 Å². The SMILES string of the molecule is Cc1cccc(C)c1C(=O)c1ccc(Cl)nc1. The first-order valence-corrected chi connectivity index (χ1v) is 5.70.